The summed E-state index contributed by atoms with van der Waals surface area (Å²) in [6.07, 6.45) is 3.26. The van der Waals surface area contributed by atoms with E-state index in [4.69, 9.17) is 12.6 Å². The first-order valence-electron chi connectivity index (χ1n) is 7.55. The third kappa shape index (κ3) is 3.19. The highest BCUT2D eigenvalue weighted by Crippen LogP contribution is 2.39. The van der Waals surface area contributed by atoms with Crippen molar-refractivity contribution in [1.29, 1.82) is 0 Å². The van der Waals surface area contributed by atoms with Gasteiger partial charge >= 0.3 is 0 Å². The number of imide groups is 1. The second-order valence-electron chi connectivity index (χ2n) is 5.84. The molecule has 2 atom stereocenters. The van der Waals surface area contributed by atoms with E-state index in [1.165, 1.54) is 23.1 Å². The van der Waals surface area contributed by atoms with Crippen molar-refractivity contribution in [1.82, 2.24) is 10.2 Å². The summed E-state index contributed by atoms with van der Waals surface area (Å²) >= 11 is 7.10. The number of thiol groups is 1. The van der Waals surface area contributed by atoms with E-state index in [2.05, 4.69) is 51.0 Å². The predicted molar refractivity (Wildman–Crippen MR) is 97.1 cm³/mol. The fourth-order valence-corrected chi connectivity index (χ4v) is 4.09. The third-order valence-electron chi connectivity index (χ3n) is 4.36. The topological polar surface area (TPSA) is 49.4 Å². The van der Waals surface area contributed by atoms with Gasteiger partial charge in [0.25, 0.3) is 0 Å². The Morgan fingerprint density at radius 3 is 2.91 bits per heavy atom. The fraction of sp³-hybridized carbons (Fsp3) is 0.500. The molecule has 4 nitrogen and oxygen atoms in total. The number of halogens is 1. The number of amides is 2. The molecule has 2 heterocycles. The Labute approximate surface area is 149 Å². The molecule has 1 fully saturated rings. The number of alkyl halides is 1. The van der Waals surface area contributed by atoms with E-state index in [1.807, 2.05) is 0 Å². The van der Waals surface area contributed by atoms with E-state index in [0.29, 0.717) is 12.8 Å². The number of nitrogens with zero attached hydrogens (tertiary/aromatic N) is 1. The standard InChI is InChI=1S/C16H19IN2O2S/c17-7-1-2-10-3-4-12-11(8-10)9-19(16(12)22)13-5-6-14(20)18-15(13)21/h3-4,8,13,16,22H,1-2,5-7,9H2,(H,18,20,21). The van der Waals surface area contributed by atoms with Crippen molar-refractivity contribution in [2.75, 3.05) is 4.43 Å². The van der Waals surface area contributed by atoms with Crippen LogP contribution in [0.25, 0.3) is 0 Å². The van der Waals surface area contributed by atoms with Gasteiger partial charge in [-0.3, -0.25) is 19.8 Å². The molecule has 0 spiro atoms. The zero-order chi connectivity index (χ0) is 15.7. The number of aryl methyl sites for hydroxylation is 1. The van der Waals surface area contributed by atoms with E-state index in [-0.39, 0.29) is 23.2 Å². The maximum atomic E-state index is 12.1. The lowest BCUT2D eigenvalue weighted by Crippen LogP contribution is -2.51. The number of rotatable bonds is 4. The molecule has 2 unspecified atom stereocenters. The SMILES string of the molecule is O=C1CCC(N2Cc3cc(CCCI)ccc3C2S)C(=O)N1. The maximum absolute atomic E-state index is 12.1. The number of piperidine rings is 1. The van der Waals surface area contributed by atoms with Gasteiger partial charge in [-0.15, -0.1) is 0 Å². The van der Waals surface area contributed by atoms with Gasteiger partial charge in [-0.1, -0.05) is 40.8 Å². The highest BCUT2D eigenvalue weighted by atomic mass is 127. The van der Waals surface area contributed by atoms with Crippen LogP contribution in [-0.2, 0) is 22.6 Å². The molecule has 3 rings (SSSR count). The minimum absolute atomic E-state index is 0.0717. The molecule has 2 aliphatic rings. The van der Waals surface area contributed by atoms with Crippen LogP contribution in [0.15, 0.2) is 18.2 Å². The first-order valence-corrected chi connectivity index (χ1v) is 9.59. The third-order valence-corrected chi connectivity index (χ3v) is 5.70. The number of fused-ring (bicyclic) bond motifs is 1. The van der Waals surface area contributed by atoms with E-state index in [1.54, 1.807) is 0 Å². The summed E-state index contributed by atoms with van der Waals surface area (Å²) in [5.41, 5.74) is 3.79. The molecular formula is C16H19IN2O2S. The lowest BCUT2D eigenvalue weighted by molar-refractivity contribution is -0.137. The Hall–Kier alpha value is -0.600. The summed E-state index contributed by atoms with van der Waals surface area (Å²) in [6.45, 7) is 0.730. The predicted octanol–water partition coefficient (Wildman–Crippen LogP) is 2.60. The van der Waals surface area contributed by atoms with Gasteiger partial charge in [0.2, 0.25) is 11.8 Å². The molecule has 0 aromatic heterocycles. The molecular weight excluding hydrogens is 411 g/mol. The summed E-state index contributed by atoms with van der Waals surface area (Å²) in [6, 6.07) is 6.30. The van der Waals surface area contributed by atoms with Crippen LogP contribution in [0.1, 0.15) is 41.3 Å². The number of hydrogen-bond acceptors (Lipinski definition) is 4. The van der Waals surface area contributed by atoms with Crippen LogP contribution < -0.4 is 5.32 Å². The van der Waals surface area contributed by atoms with E-state index < -0.39 is 0 Å². The van der Waals surface area contributed by atoms with Crippen LogP contribution in [0.4, 0.5) is 0 Å². The smallest absolute Gasteiger partial charge is 0.243 e. The number of carbonyl (C=O) groups is 2. The molecule has 118 valence electrons. The van der Waals surface area contributed by atoms with E-state index in [9.17, 15) is 9.59 Å². The Morgan fingerprint density at radius 2 is 2.18 bits per heavy atom. The van der Waals surface area contributed by atoms with Crippen LogP contribution in [0, 0.1) is 0 Å². The van der Waals surface area contributed by atoms with Gasteiger partial charge in [0.1, 0.15) is 0 Å². The Kier molecular flexibility index (Phi) is 5.09. The quantitative estimate of drug-likeness (QED) is 0.334. The van der Waals surface area contributed by atoms with Crippen molar-refractivity contribution < 1.29 is 9.59 Å². The molecule has 2 aliphatic heterocycles. The van der Waals surface area contributed by atoms with Crippen molar-refractivity contribution in [3.63, 3.8) is 0 Å². The van der Waals surface area contributed by atoms with Crippen LogP contribution in [0.5, 0.6) is 0 Å². The summed E-state index contributed by atoms with van der Waals surface area (Å²) in [4.78, 5) is 25.5. The zero-order valence-corrected chi connectivity index (χ0v) is 15.3. The molecule has 1 N–H and O–H groups in total. The maximum Gasteiger partial charge on any atom is 0.243 e. The Morgan fingerprint density at radius 1 is 1.36 bits per heavy atom. The number of hydrogen-bond donors (Lipinski definition) is 2. The molecule has 0 radical (unpaired) electrons. The lowest BCUT2D eigenvalue weighted by Gasteiger charge is -2.32. The largest absolute Gasteiger partial charge is 0.295 e. The van der Waals surface area contributed by atoms with Crippen molar-refractivity contribution in [2.24, 2.45) is 0 Å². The number of benzene rings is 1. The lowest BCUT2D eigenvalue weighted by atomic mass is 10.0. The Bertz CT molecular complexity index is 608. The molecule has 0 bridgehead atoms. The zero-order valence-electron chi connectivity index (χ0n) is 12.2. The minimum atomic E-state index is -0.259. The molecule has 0 saturated carbocycles. The van der Waals surface area contributed by atoms with Gasteiger partial charge in [-0.2, -0.15) is 12.6 Å². The van der Waals surface area contributed by atoms with E-state index >= 15 is 0 Å². The molecule has 6 heteroatoms. The summed E-state index contributed by atoms with van der Waals surface area (Å²) in [5.74, 6) is -0.358. The molecule has 22 heavy (non-hydrogen) atoms. The van der Waals surface area contributed by atoms with E-state index in [0.717, 1.165) is 17.4 Å². The molecule has 1 saturated heterocycles. The summed E-state index contributed by atoms with van der Waals surface area (Å²) < 4.78 is 1.16. The molecule has 2 amide bonds. The molecule has 1 aromatic carbocycles. The highest BCUT2D eigenvalue weighted by Gasteiger charge is 2.38. The van der Waals surface area contributed by atoms with Gasteiger partial charge in [0, 0.05) is 13.0 Å². The fourth-order valence-electron chi connectivity index (χ4n) is 3.22. The van der Waals surface area contributed by atoms with Crippen molar-refractivity contribution in [3.05, 3.63) is 34.9 Å². The summed E-state index contributed by atoms with van der Waals surface area (Å²) in [7, 11) is 0. The second-order valence-corrected chi connectivity index (χ2v) is 7.41. The first kappa shape index (κ1) is 16.3. The average molecular weight is 430 g/mol. The van der Waals surface area contributed by atoms with Crippen LogP contribution in [-0.4, -0.2) is 27.2 Å². The summed E-state index contributed by atoms with van der Waals surface area (Å²) in [5, 5.41) is 2.37. The normalized spacial score (nSPS) is 25.2. The molecule has 1 aromatic rings. The average Bonchev–Trinajstić information content (AvgIpc) is 2.82. The number of carbonyl (C=O) groups excluding carboxylic acids is 2. The van der Waals surface area contributed by atoms with Crippen LogP contribution in [0.2, 0.25) is 0 Å². The van der Waals surface area contributed by atoms with Crippen molar-refractivity contribution in [3.8, 4) is 0 Å². The van der Waals surface area contributed by atoms with Gasteiger partial charge in [0.15, 0.2) is 0 Å². The highest BCUT2D eigenvalue weighted by molar-refractivity contribution is 14.1. The minimum Gasteiger partial charge on any atom is -0.295 e. The van der Waals surface area contributed by atoms with Gasteiger partial charge in [0.05, 0.1) is 11.4 Å². The van der Waals surface area contributed by atoms with Gasteiger partial charge in [-0.25, -0.2) is 0 Å². The van der Waals surface area contributed by atoms with Crippen molar-refractivity contribution in [2.45, 2.75) is 43.6 Å². The second kappa shape index (κ2) is 6.88. The van der Waals surface area contributed by atoms with Crippen LogP contribution in [0.3, 0.4) is 0 Å². The Balaban J connectivity index is 1.77. The monoisotopic (exact) mass is 430 g/mol. The first-order chi connectivity index (χ1) is 10.6. The van der Waals surface area contributed by atoms with Gasteiger partial charge in [-0.05, 0) is 40.4 Å². The van der Waals surface area contributed by atoms with Crippen molar-refractivity contribution >= 4 is 47.0 Å². The molecule has 0 aliphatic carbocycles. The number of nitrogens with one attached hydrogen (secondary N) is 1. The van der Waals surface area contributed by atoms with Crippen LogP contribution >= 0.6 is 35.2 Å². The van der Waals surface area contributed by atoms with Gasteiger partial charge < -0.3 is 0 Å².